The minimum absolute atomic E-state index is 0.126. The van der Waals surface area contributed by atoms with Crippen LogP contribution in [-0.4, -0.2) is 26.6 Å². The van der Waals surface area contributed by atoms with Crippen LogP contribution >= 0.6 is 0 Å². The molecular weight excluding hydrogens is 206 g/mol. The molecule has 1 heterocycles. The van der Waals surface area contributed by atoms with E-state index in [1.165, 1.54) is 6.33 Å². The summed E-state index contributed by atoms with van der Waals surface area (Å²) >= 11 is 0. The van der Waals surface area contributed by atoms with E-state index >= 15 is 0 Å². The summed E-state index contributed by atoms with van der Waals surface area (Å²) in [7, 11) is 0. The first-order valence-corrected chi connectivity index (χ1v) is 5.47. The molecule has 2 rings (SSSR count). The number of nitrogens with two attached hydrogens (primary N) is 1. The Morgan fingerprint density at radius 3 is 2.94 bits per heavy atom. The lowest BCUT2D eigenvalue weighted by molar-refractivity contribution is -0.127. The summed E-state index contributed by atoms with van der Waals surface area (Å²) in [6.45, 7) is 3.63. The molecule has 88 valence electrons. The summed E-state index contributed by atoms with van der Waals surface area (Å²) in [6.07, 6.45) is 3.49. The number of carbonyl (C=O) groups excluding carboxylic acids is 1. The van der Waals surface area contributed by atoms with Crippen LogP contribution in [0.2, 0.25) is 0 Å². The molecule has 2 unspecified atom stereocenters. The first-order valence-electron chi connectivity index (χ1n) is 5.47. The molecule has 0 aliphatic heterocycles. The summed E-state index contributed by atoms with van der Waals surface area (Å²) in [5.74, 6) is 0.827. The Morgan fingerprint density at radius 1 is 1.75 bits per heavy atom. The molecule has 16 heavy (non-hydrogen) atoms. The van der Waals surface area contributed by atoms with E-state index in [2.05, 4.69) is 20.5 Å². The number of aromatic amines is 1. The maximum atomic E-state index is 12.0. The van der Waals surface area contributed by atoms with Crippen molar-refractivity contribution in [2.45, 2.75) is 38.3 Å². The molecule has 2 atom stereocenters. The van der Waals surface area contributed by atoms with E-state index in [1.54, 1.807) is 6.92 Å². The van der Waals surface area contributed by atoms with Crippen LogP contribution in [0.25, 0.3) is 0 Å². The normalized spacial score (nSPS) is 21.2. The van der Waals surface area contributed by atoms with Gasteiger partial charge in [0.05, 0.1) is 11.6 Å². The van der Waals surface area contributed by atoms with Gasteiger partial charge in [-0.15, -0.1) is 0 Å². The van der Waals surface area contributed by atoms with Crippen molar-refractivity contribution in [3.63, 3.8) is 0 Å². The number of H-pyrrole nitrogens is 1. The van der Waals surface area contributed by atoms with Gasteiger partial charge in [-0.05, 0) is 32.6 Å². The third-order valence-corrected chi connectivity index (χ3v) is 3.11. The van der Waals surface area contributed by atoms with Crippen molar-refractivity contribution in [1.29, 1.82) is 0 Å². The number of hydrogen-bond acceptors (Lipinski definition) is 4. The fourth-order valence-electron chi connectivity index (χ4n) is 1.71. The Hall–Kier alpha value is -1.43. The lowest BCUT2D eigenvalue weighted by Crippen LogP contribution is -2.53. The number of amides is 1. The fraction of sp³-hybridized carbons (Fsp3) is 0.700. The molecule has 4 N–H and O–H groups in total. The molecule has 1 aliphatic rings. The maximum absolute atomic E-state index is 12.0. The van der Waals surface area contributed by atoms with Crippen molar-refractivity contribution in [3.05, 3.63) is 12.2 Å². The first-order chi connectivity index (χ1) is 7.51. The van der Waals surface area contributed by atoms with Crippen molar-refractivity contribution in [1.82, 2.24) is 20.5 Å². The van der Waals surface area contributed by atoms with Crippen molar-refractivity contribution >= 4 is 5.91 Å². The Balaban J connectivity index is 1.97. The SMILES string of the molecule is CC(NC(=O)C(C)(N)C1CC1)c1ncn[nH]1. The molecule has 0 spiro atoms. The van der Waals surface area contributed by atoms with Gasteiger partial charge in [0.25, 0.3) is 0 Å². The molecular formula is C10H17N5O. The van der Waals surface area contributed by atoms with Crippen molar-refractivity contribution in [2.75, 3.05) is 0 Å². The van der Waals surface area contributed by atoms with Gasteiger partial charge < -0.3 is 11.1 Å². The average molecular weight is 223 g/mol. The molecule has 1 saturated carbocycles. The summed E-state index contributed by atoms with van der Waals surface area (Å²) in [4.78, 5) is 15.9. The highest BCUT2D eigenvalue weighted by Crippen LogP contribution is 2.38. The van der Waals surface area contributed by atoms with Gasteiger partial charge in [-0.1, -0.05) is 0 Å². The van der Waals surface area contributed by atoms with Crippen LogP contribution in [0, 0.1) is 5.92 Å². The van der Waals surface area contributed by atoms with Crippen LogP contribution in [0.3, 0.4) is 0 Å². The number of carbonyl (C=O) groups is 1. The van der Waals surface area contributed by atoms with E-state index in [0.717, 1.165) is 12.8 Å². The van der Waals surface area contributed by atoms with E-state index in [-0.39, 0.29) is 11.9 Å². The van der Waals surface area contributed by atoms with E-state index < -0.39 is 5.54 Å². The Kier molecular flexibility index (Phi) is 2.67. The van der Waals surface area contributed by atoms with Crippen LogP contribution in [0.4, 0.5) is 0 Å². The Bertz CT molecular complexity index is 369. The molecule has 1 aromatic rings. The highest BCUT2D eigenvalue weighted by atomic mass is 16.2. The van der Waals surface area contributed by atoms with Gasteiger partial charge in [0.15, 0.2) is 0 Å². The van der Waals surface area contributed by atoms with Gasteiger partial charge >= 0.3 is 0 Å². The molecule has 1 aromatic heterocycles. The van der Waals surface area contributed by atoms with Crippen LogP contribution in [0.15, 0.2) is 6.33 Å². The maximum Gasteiger partial charge on any atom is 0.240 e. The average Bonchev–Trinajstić information content (AvgIpc) is 2.95. The summed E-state index contributed by atoms with van der Waals surface area (Å²) in [5, 5.41) is 9.31. The molecule has 0 aromatic carbocycles. The Morgan fingerprint density at radius 2 is 2.44 bits per heavy atom. The number of nitrogens with zero attached hydrogens (tertiary/aromatic N) is 2. The van der Waals surface area contributed by atoms with Crippen LogP contribution in [0.5, 0.6) is 0 Å². The van der Waals surface area contributed by atoms with Crippen molar-refractivity contribution in [2.24, 2.45) is 11.7 Å². The zero-order valence-electron chi connectivity index (χ0n) is 9.53. The van der Waals surface area contributed by atoms with Gasteiger partial charge in [0, 0.05) is 0 Å². The lowest BCUT2D eigenvalue weighted by Gasteiger charge is -2.25. The second-order valence-electron chi connectivity index (χ2n) is 4.62. The van der Waals surface area contributed by atoms with Crippen molar-refractivity contribution in [3.8, 4) is 0 Å². The molecule has 1 aliphatic carbocycles. The second-order valence-corrected chi connectivity index (χ2v) is 4.62. The summed E-state index contributed by atoms with van der Waals surface area (Å²) in [6, 6.07) is -0.198. The van der Waals surface area contributed by atoms with Crippen LogP contribution < -0.4 is 11.1 Å². The molecule has 6 nitrogen and oxygen atoms in total. The number of nitrogens with one attached hydrogen (secondary N) is 2. The highest BCUT2D eigenvalue weighted by molar-refractivity contribution is 5.86. The van der Waals surface area contributed by atoms with E-state index in [9.17, 15) is 4.79 Å². The van der Waals surface area contributed by atoms with Gasteiger partial charge in [0.1, 0.15) is 12.2 Å². The highest BCUT2D eigenvalue weighted by Gasteiger charge is 2.44. The summed E-state index contributed by atoms with van der Waals surface area (Å²) < 4.78 is 0. The van der Waals surface area contributed by atoms with E-state index in [1.807, 2.05) is 6.92 Å². The molecule has 0 saturated heterocycles. The molecule has 0 radical (unpaired) electrons. The van der Waals surface area contributed by atoms with Crippen LogP contribution in [-0.2, 0) is 4.79 Å². The quantitative estimate of drug-likeness (QED) is 0.675. The minimum Gasteiger partial charge on any atom is -0.345 e. The number of hydrogen-bond donors (Lipinski definition) is 3. The molecule has 6 heteroatoms. The predicted octanol–water partition coefficient (Wildman–Crippen LogP) is 0.109. The monoisotopic (exact) mass is 223 g/mol. The third-order valence-electron chi connectivity index (χ3n) is 3.11. The lowest BCUT2D eigenvalue weighted by atomic mass is 9.96. The van der Waals surface area contributed by atoms with E-state index in [0.29, 0.717) is 11.7 Å². The zero-order chi connectivity index (χ0) is 11.8. The smallest absolute Gasteiger partial charge is 0.240 e. The van der Waals surface area contributed by atoms with Crippen molar-refractivity contribution < 1.29 is 4.79 Å². The van der Waals surface area contributed by atoms with Gasteiger partial charge in [-0.25, -0.2) is 4.98 Å². The minimum atomic E-state index is -0.770. The Labute approximate surface area is 94.0 Å². The second kappa shape index (κ2) is 3.86. The third kappa shape index (κ3) is 2.06. The number of rotatable bonds is 4. The zero-order valence-corrected chi connectivity index (χ0v) is 9.53. The van der Waals surface area contributed by atoms with Crippen LogP contribution in [0.1, 0.15) is 38.6 Å². The molecule has 1 fully saturated rings. The number of aromatic nitrogens is 3. The first kappa shape index (κ1) is 11.1. The standard InChI is InChI=1S/C10H17N5O/c1-6(8-12-5-13-15-8)14-9(16)10(2,11)7-3-4-7/h5-7H,3-4,11H2,1-2H3,(H,14,16)(H,12,13,15). The van der Waals surface area contributed by atoms with E-state index in [4.69, 9.17) is 5.73 Å². The largest absolute Gasteiger partial charge is 0.345 e. The van der Waals surface area contributed by atoms with Gasteiger partial charge in [-0.2, -0.15) is 5.10 Å². The fourth-order valence-corrected chi connectivity index (χ4v) is 1.71. The molecule has 0 bridgehead atoms. The predicted molar refractivity (Wildman–Crippen MR) is 58.3 cm³/mol. The topological polar surface area (TPSA) is 96.7 Å². The van der Waals surface area contributed by atoms with Gasteiger partial charge in [-0.3, -0.25) is 9.89 Å². The molecule has 1 amide bonds. The summed E-state index contributed by atoms with van der Waals surface area (Å²) in [5.41, 5.74) is 5.24. The van der Waals surface area contributed by atoms with Gasteiger partial charge in [0.2, 0.25) is 5.91 Å².